The Balaban J connectivity index is 1.52. The topological polar surface area (TPSA) is 72.3 Å². The monoisotopic (exact) mass is 299 g/mol. The van der Waals surface area contributed by atoms with Crippen molar-refractivity contribution >= 4 is 11.7 Å². The molecule has 2 heterocycles. The van der Waals surface area contributed by atoms with Crippen LogP contribution >= 0.6 is 0 Å². The number of hydrogen-bond acceptors (Lipinski definition) is 5. The average Bonchev–Trinajstić information content (AvgIpc) is 3.38. The van der Waals surface area contributed by atoms with Crippen molar-refractivity contribution in [2.24, 2.45) is 0 Å². The molecule has 1 N–H and O–H groups in total. The number of aromatic nitrogens is 1. The van der Waals surface area contributed by atoms with Crippen molar-refractivity contribution in [2.45, 2.75) is 31.8 Å². The Morgan fingerprint density at radius 2 is 2.09 bits per heavy atom. The Bertz CT molecular complexity index is 567. The normalized spacial score (nSPS) is 20.3. The maximum absolute atomic E-state index is 12.1. The first-order valence-electron chi connectivity index (χ1n) is 7.83. The Morgan fingerprint density at radius 3 is 2.64 bits per heavy atom. The van der Waals surface area contributed by atoms with E-state index in [0.29, 0.717) is 11.6 Å². The first kappa shape index (κ1) is 14.8. The molecule has 2 fully saturated rings. The number of carbonyl (C=O) groups excluding carboxylic acids is 1. The number of pyridine rings is 1. The fourth-order valence-corrected chi connectivity index (χ4v) is 2.69. The van der Waals surface area contributed by atoms with Gasteiger partial charge in [-0.25, -0.2) is 4.98 Å². The Kier molecular flexibility index (Phi) is 4.25. The lowest BCUT2D eigenvalue weighted by molar-refractivity contribution is -0.126. The smallest absolute Gasteiger partial charge is 0.237 e. The molecule has 6 heteroatoms. The van der Waals surface area contributed by atoms with E-state index in [0.717, 1.165) is 44.8 Å². The number of rotatable bonds is 4. The third-order valence-corrected chi connectivity index (χ3v) is 4.37. The van der Waals surface area contributed by atoms with Gasteiger partial charge < -0.3 is 10.2 Å². The molecule has 0 spiro atoms. The van der Waals surface area contributed by atoms with E-state index in [1.165, 1.54) is 0 Å². The molecule has 116 valence electrons. The number of hydrogen-bond donors (Lipinski definition) is 1. The summed E-state index contributed by atoms with van der Waals surface area (Å²) in [4.78, 5) is 20.9. The third-order valence-electron chi connectivity index (χ3n) is 4.37. The van der Waals surface area contributed by atoms with Crippen molar-refractivity contribution in [1.82, 2.24) is 15.2 Å². The highest BCUT2D eigenvalue weighted by molar-refractivity contribution is 5.81. The van der Waals surface area contributed by atoms with Crippen LogP contribution in [0.2, 0.25) is 0 Å². The molecule has 2 aliphatic rings. The molecular formula is C16H21N5O. The fourth-order valence-electron chi connectivity index (χ4n) is 2.69. The van der Waals surface area contributed by atoms with Crippen LogP contribution in [0.4, 0.5) is 5.82 Å². The molecule has 1 aromatic heterocycles. The summed E-state index contributed by atoms with van der Waals surface area (Å²) >= 11 is 0. The van der Waals surface area contributed by atoms with Crippen molar-refractivity contribution in [3.63, 3.8) is 0 Å². The second-order valence-electron chi connectivity index (χ2n) is 6.00. The van der Waals surface area contributed by atoms with Crippen LogP contribution in [-0.4, -0.2) is 54.1 Å². The van der Waals surface area contributed by atoms with Gasteiger partial charge in [-0.05, 0) is 31.9 Å². The Hall–Kier alpha value is -2.13. The molecule has 1 amide bonds. The van der Waals surface area contributed by atoms with E-state index in [-0.39, 0.29) is 11.9 Å². The van der Waals surface area contributed by atoms with Gasteiger partial charge in [0.2, 0.25) is 5.91 Å². The summed E-state index contributed by atoms with van der Waals surface area (Å²) in [5.74, 6) is 1.04. The number of nitrogens with one attached hydrogen (secondary N) is 1. The van der Waals surface area contributed by atoms with E-state index >= 15 is 0 Å². The standard InChI is InChI=1S/C16H21N5O/c1-12(16(22)19-14-3-4-14)20-6-8-21(9-7-20)15-5-2-13(10-17)11-18-15/h2,5,11-12,14H,3-4,6-9H2,1H3,(H,19,22). The Labute approximate surface area is 130 Å². The van der Waals surface area contributed by atoms with Crippen LogP contribution in [0, 0.1) is 11.3 Å². The van der Waals surface area contributed by atoms with Gasteiger partial charge in [-0.15, -0.1) is 0 Å². The van der Waals surface area contributed by atoms with E-state index in [1.807, 2.05) is 13.0 Å². The number of amides is 1. The van der Waals surface area contributed by atoms with E-state index in [2.05, 4.69) is 26.2 Å². The van der Waals surface area contributed by atoms with Crippen LogP contribution < -0.4 is 10.2 Å². The van der Waals surface area contributed by atoms with E-state index in [4.69, 9.17) is 5.26 Å². The maximum atomic E-state index is 12.1. The summed E-state index contributed by atoms with van der Waals surface area (Å²) in [6.45, 7) is 5.37. The zero-order valence-corrected chi connectivity index (χ0v) is 12.8. The lowest BCUT2D eigenvalue weighted by Gasteiger charge is -2.38. The van der Waals surface area contributed by atoms with Crippen LogP contribution in [0.1, 0.15) is 25.3 Å². The molecule has 1 unspecified atom stereocenters. The second kappa shape index (κ2) is 6.32. The molecule has 1 saturated carbocycles. The molecule has 1 aromatic rings. The van der Waals surface area contributed by atoms with E-state index in [1.54, 1.807) is 12.3 Å². The van der Waals surface area contributed by atoms with Crippen LogP contribution in [0.15, 0.2) is 18.3 Å². The second-order valence-corrected chi connectivity index (χ2v) is 6.00. The summed E-state index contributed by atoms with van der Waals surface area (Å²) in [5, 5.41) is 11.9. The molecular weight excluding hydrogens is 278 g/mol. The molecule has 0 aromatic carbocycles. The van der Waals surface area contributed by atoms with Gasteiger partial charge in [-0.3, -0.25) is 9.69 Å². The number of nitrogens with zero attached hydrogens (tertiary/aromatic N) is 4. The summed E-state index contributed by atoms with van der Waals surface area (Å²) in [7, 11) is 0. The van der Waals surface area contributed by atoms with Crippen molar-refractivity contribution in [1.29, 1.82) is 5.26 Å². The SMILES string of the molecule is CC(C(=O)NC1CC1)N1CCN(c2ccc(C#N)cn2)CC1. The highest BCUT2D eigenvalue weighted by Crippen LogP contribution is 2.20. The molecule has 1 aliphatic carbocycles. The minimum absolute atomic E-state index is 0.0725. The molecule has 0 bridgehead atoms. The lowest BCUT2D eigenvalue weighted by Crippen LogP contribution is -2.54. The molecule has 1 aliphatic heterocycles. The quantitative estimate of drug-likeness (QED) is 0.888. The maximum Gasteiger partial charge on any atom is 0.237 e. The predicted octanol–water partition coefficient (Wildman–Crippen LogP) is 0.742. The molecule has 1 saturated heterocycles. The summed E-state index contributed by atoms with van der Waals surface area (Å²) < 4.78 is 0. The zero-order chi connectivity index (χ0) is 15.5. The summed E-state index contributed by atoms with van der Waals surface area (Å²) in [6, 6.07) is 6.10. The van der Waals surface area contributed by atoms with Gasteiger partial charge >= 0.3 is 0 Å². The first-order valence-corrected chi connectivity index (χ1v) is 7.83. The van der Waals surface area contributed by atoms with Gasteiger partial charge in [-0.2, -0.15) is 5.26 Å². The van der Waals surface area contributed by atoms with E-state index in [9.17, 15) is 4.79 Å². The summed E-state index contributed by atoms with van der Waals surface area (Å²) in [6.07, 6.45) is 3.85. The van der Waals surface area contributed by atoms with Crippen molar-refractivity contribution in [2.75, 3.05) is 31.1 Å². The molecule has 1 atom stereocenters. The fraction of sp³-hybridized carbons (Fsp3) is 0.562. The number of anilines is 1. The van der Waals surface area contributed by atoms with Crippen LogP contribution in [0.5, 0.6) is 0 Å². The molecule has 3 rings (SSSR count). The predicted molar refractivity (Wildman–Crippen MR) is 83.4 cm³/mol. The molecule has 0 radical (unpaired) electrons. The largest absolute Gasteiger partial charge is 0.354 e. The van der Waals surface area contributed by atoms with E-state index < -0.39 is 0 Å². The summed E-state index contributed by atoms with van der Waals surface area (Å²) in [5.41, 5.74) is 0.577. The highest BCUT2D eigenvalue weighted by atomic mass is 16.2. The zero-order valence-electron chi connectivity index (χ0n) is 12.8. The van der Waals surface area contributed by atoms with Crippen molar-refractivity contribution in [3.8, 4) is 6.07 Å². The molecule has 22 heavy (non-hydrogen) atoms. The highest BCUT2D eigenvalue weighted by Gasteiger charge is 2.30. The number of nitriles is 1. The van der Waals surface area contributed by atoms with Gasteiger partial charge in [0.1, 0.15) is 11.9 Å². The lowest BCUT2D eigenvalue weighted by atomic mass is 10.2. The van der Waals surface area contributed by atoms with Crippen molar-refractivity contribution < 1.29 is 4.79 Å². The molecule has 6 nitrogen and oxygen atoms in total. The van der Waals surface area contributed by atoms with Gasteiger partial charge in [-0.1, -0.05) is 0 Å². The van der Waals surface area contributed by atoms with Crippen LogP contribution in [-0.2, 0) is 4.79 Å². The first-order chi connectivity index (χ1) is 10.7. The average molecular weight is 299 g/mol. The number of carbonyl (C=O) groups is 1. The van der Waals surface area contributed by atoms with Crippen LogP contribution in [0.25, 0.3) is 0 Å². The van der Waals surface area contributed by atoms with Crippen LogP contribution in [0.3, 0.4) is 0 Å². The van der Waals surface area contributed by atoms with Gasteiger partial charge in [0, 0.05) is 38.4 Å². The Morgan fingerprint density at radius 1 is 1.36 bits per heavy atom. The minimum Gasteiger partial charge on any atom is -0.354 e. The van der Waals surface area contributed by atoms with Gasteiger partial charge in [0.05, 0.1) is 11.6 Å². The van der Waals surface area contributed by atoms with Crippen molar-refractivity contribution in [3.05, 3.63) is 23.9 Å². The number of piperazine rings is 1. The minimum atomic E-state index is -0.0725. The van der Waals surface area contributed by atoms with Gasteiger partial charge in [0.15, 0.2) is 0 Å². The van der Waals surface area contributed by atoms with Gasteiger partial charge in [0.25, 0.3) is 0 Å². The third kappa shape index (κ3) is 3.37.